The Kier molecular flexibility index (Phi) is 2.55. The lowest BCUT2D eigenvalue weighted by Gasteiger charge is -2.17. The summed E-state index contributed by atoms with van der Waals surface area (Å²) < 4.78 is 10.7. The maximum absolute atomic E-state index is 5.44. The van der Waals surface area contributed by atoms with Crippen molar-refractivity contribution in [3.8, 4) is 11.5 Å². The highest BCUT2D eigenvalue weighted by Gasteiger charge is 2.29. The van der Waals surface area contributed by atoms with Crippen LogP contribution in [0.25, 0.3) is 10.9 Å². The van der Waals surface area contributed by atoms with Gasteiger partial charge in [-0.2, -0.15) is 0 Å². The van der Waals surface area contributed by atoms with E-state index in [9.17, 15) is 0 Å². The number of rotatable bonds is 2. The summed E-state index contributed by atoms with van der Waals surface area (Å²) in [5.41, 5.74) is 2.19. The van der Waals surface area contributed by atoms with Crippen molar-refractivity contribution in [1.29, 1.82) is 0 Å². The first-order valence-corrected chi connectivity index (χ1v) is 6.36. The number of nitrogens with one attached hydrogen (secondary N) is 1. The van der Waals surface area contributed by atoms with Crippen LogP contribution in [0.15, 0.2) is 18.2 Å². The van der Waals surface area contributed by atoms with Crippen LogP contribution < -0.4 is 14.8 Å². The lowest BCUT2D eigenvalue weighted by atomic mass is 10.00. The molecule has 100 valence electrons. The summed E-state index contributed by atoms with van der Waals surface area (Å²) >= 11 is 0. The summed E-state index contributed by atoms with van der Waals surface area (Å²) in [7, 11) is 3.32. The molecule has 0 atom stereocenters. The highest BCUT2D eigenvalue weighted by Crippen LogP contribution is 2.37. The van der Waals surface area contributed by atoms with Crippen molar-refractivity contribution in [2.24, 2.45) is 0 Å². The van der Waals surface area contributed by atoms with E-state index in [-0.39, 0.29) is 5.54 Å². The molecule has 0 radical (unpaired) electrons. The minimum absolute atomic E-state index is 0.0596. The van der Waals surface area contributed by atoms with Crippen LogP contribution in [0.1, 0.15) is 19.4 Å². The Bertz CT molecular complexity index is 650. The molecule has 0 saturated heterocycles. The van der Waals surface area contributed by atoms with Gasteiger partial charge >= 0.3 is 0 Å². The van der Waals surface area contributed by atoms with Crippen molar-refractivity contribution in [3.05, 3.63) is 23.8 Å². The Hall–Kier alpha value is -1.97. The van der Waals surface area contributed by atoms with Gasteiger partial charge < -0.3 is 14.8 Å². The monoisotopic (exact) mass is 258 g/mol. The number of ether oxygens (including phenoxy) is 2. The summed E-state index contributed by atoms with van der Waals surface area (Å²) in [6, 6.07) is 5.99. The van der Waals surface area contributed by atoms with Gasteiger partial charge in [-0.15, -0.1) is 0 Å². The van der Waals surface area contributed by atoms with Gasteiger partial charge in [-0.1, -0.05) is 0 Å². The SMILES string of the molecule is COc1cc(OC)c2cc3c(nc2c1)NC(C)(C)C3. The fourth-order valence-electron chi connectivity index (χ4n) is 2.63. The van der Waals surface area contributed by atoms with E-state index in [0.29, 0.717) is 0 Å². The summed E-state index contributed by atoms with van der Waals surface area (Å²) in [6.45, 7) is 4.36. The normalized spacial score (nSPS) is 16.0. The zero-order valence-electron chi connectivity index (χ0n) is 11.7. The molecule has 0 saturated carbocycles. The van der Waals surface area contributed by atoms with Gasteiger partial charge in [-0.3, -0.25) is 0 Å². The van der Waals surface area contributed by atoms with Crippen LogP contribution in [0, 0.1) is 0 Å². The van der Waals surface area contributed by atoms with Crippen LogP contribution in [0.2, 0.25) is 0 Å². The number of fused-ring (bicyclic) bond motifs is 2. The number of nitrogens with zero attached hydrogens (tertiary/aromatic N) is 1. The van der Waals surface area contributed by atoms with E-state index in [2.05, 4.69) is 25.2 Å². The molecule has 0 spiro atoms. The molecule has 19 heavy (non-hydrogen) atoms. The maximum Gasteiger partial charge on any atom is 0.131 e. The van der Waals surface area contributed by atoms with Gasteiger partial charge in [0, 0.05) is 23.1 Å². The molecule has 0 unspecified atom stereocenters. The number of aromatic nitrogens is 1. The predicted octanol–water partition coefficient (Wildman–Crippen LogP) is 3.00. The summed E-state index contributed by atoms with van der Waals surface area (Å²) in [5.74, 6) is 2.52. The summed E-state index contributed by atoms with van der Waals surface area (Å²) in [6.07, 6.45) is 0.973. The second-order valence-corrected chi connectivity index (χ2v) is 5.58. The minimum atomic E-state index is 0.0596. The topological polar surface area (TPSA) is 43.4 Å². The van der Waals surface area contributed by atoms with Crippen molar-refractivity contribution in [2.45, 2.75) is 25.8 Å². The summed E-state index contributed by atoms with van der Waals surface area (Å²) in [5, 5.41) is 4.48. The molecule has 2 aromatic rings. The van der Waals surface area contributed by atoms with Gasteiger partial charge in [-0.05, 0) is 31.9 Å². The molecule has 0 amide bonds. The Morgan fingerprint density at radius 1 is 1.16 bits per heavy atom. The van der Waals surface area contributed by atoms with Gasteiger partial charge in [0.25, 0.3) is 0 Å². The van der Waals surface area contributed by atoms with E-state index in [4.69, 9.17) is 14.5 Å². The average molecular weight is 258 g/mol. The molecule has 1 aromatic heterocycles. The first kappa shape index (κ1) is 12.1. The first-order valence-electron chi connectivity index (χ1n) is 6.36. The van der Waals surface area contributed by atoms with Crippen LogP contribution in [-0.4, -0.2) is 24.7 Å². The van der Waals surface area contributed by atoms with E-state index >= 15 is 0 Å². The number of methoxy groups -OCH3 is 2. The van der Waals surface area contributed by atoms with E-state index in [1.165, 1.54) is 5.56 Å². The number of anilines is 1. The van der Waals surface area contributed by atoms with Gasteiger partial charge in [-0.25, -0.2) is 4.98 Å². The van der Waals surface area contributed by atoms with Crippen LogP contribution in [0.5, 0.6) is 11.5 Å². The van der Waals surface area contributed by atoms with Crippen LogP contribution in [-0.2, 0) is 6.42 Å². The molecule has 4 nitrogen and oxygen atoms in total. The molecular weight excluding hydrogens is 240 g/mol. The van der Waals surface area contributed by atoms with Crippen LogP contribution in [0.3, 0.4) is 0 Å². The third kappa shape index (κ3) is 1.97. The smallest absolute Gasteiger partial charge is 0.131 e. The molecule has 2 heterocycles. The molecule has 4 heteroatoms. The maximum atomic E-state index is 5.44. The van der Waals surface area contributed by atoms with E-state index < -0.39 is 0 Å². The zero-order valence-corrected chi connectivity index (χ0v) is 11.7. The van der Waals surface area contributed by atoms with Crippen molar-refractivity contribution < 1.29 is 9.47 Å². The minimum Gasteiger partial charge on any atom is -0.497 e. The molecule has 0 bridgehead atoms. The third-order valence-corrected chi connectivity index (χ3v) is 3.49. The van der Waals surface area contributed by atoms with Crippen LogP contribution in [0.4, 0.5) is 5.82 Å². The van der Waals surface area contributed by atoms with Crippen molar-refractivity contribution >= 4 is 16.7 Å². The quantitative estimate of drug-likeness (QED) is 0.899. The van der Waals surface area contributed by atoms with Crippen molar-refractivity contribution in [2.75, 3.05) is 19.5 Å². The molecule has 1 aliphatic heterocycles. The Morgan fingerprint density at radius 2 is 1.95 bits per heavy atom. The van der Waals surface area contributed by atoms with Crippen molar-refractivity contribution in [3.63, 3.8) is 0 Å². The Morgan fingerprint density at radius 3 is 2.63 bits per heavy atom. The predicted molar refractivity (Wildman–Crippen MR) is 76.3 cm³/mol. The zero-order chi connectivity index (χ0) is 13.6. The van der Waals surface area contributed by atoms with Gasteiger partial charge in [0.2, 0.25) is 0 Å². The highest BCUT2D eigenvalue weighted by atomic mass is 16.5. The number of hydrogen-bond acceptors (Lipinski definition) is 4. The molecule has 0 fully saturated rings. The van der Waals surface area contributed by atoms with Crippen molar-refractivity contribution in [1.82, 2.24) is 4.98 Å². The largest absolute Gasteiger partial charge is 0.497 e. The van der Waals surface area contributed by atoms with Crippen LogP contribution >= 0.6 is 0 Å². The lowest BCUT2D eigenvalue weighted by Crippen LogP contribution is -2.27. The fourth-order valence-corrected chi connectivity index (χ4v) is 2.63. The second-order valence-electron chi connectivity index (χ2n) is 5.58. The number of pyridine rings is 1. The molecular formula is C15H18N2O2. The molecule has 1 N–H and O–H groups in total. The molecule has 0 aliphatic carbocycles. The highest BCUT2D eigenvalue weighted by molar-refractivity contribution is 5.89. The molecule has 1 aromatic carbocycles. The average Bonchev–Trinajstić information content (AvgIpc) is 2.67. The lowest BCUT2D eigenvalue weighted by molar-refractivity contribution is 0.398. The standard InChI is InChI=1S/C15H18N2O2/c1-15(2)8-9-5-11-12(16-14(9)17-15)6-10(18-3)7-13(11)19-4/h5-7H,8H2,1-4H3,(H,16,17). The number of benzene rings is 1. The van der Waals surface area contributed by atoms with Gasteiger partial charge in [0.1, 0.15) is 17.3 Å². The van der Waals surface area contributed by atoms with E-state index in [1.807, 2.05) is 12.1 Å². The van der Waals surface area contributed by atoms with E-state index in [1.54, 1.807) is 14.2 Å². The number of hydrogen-bond donors (Lipinski definition) is 1. The van der Waals surface area contributed by atoms with Gasteiger partial charge in [0.05, 0.1) is 19.7 Å². The Labute approximate surface area is 112 Å². The second kappa shape index (κ2) is 4.02. The first-order chi connectivity index (χ1) is 9.02. The Balaban J connectivity index is 2.23. The fraction of sp³-hybridized carbons (Fsp3) is 0.400. The van der Waals surface area contributed by atoms with Gasteiger partial charge in [0.15, 0.2) is 0 Å². The summed E-state index contributed by atoms with van der Waals surface area (Å²) in [4.78, 5) is 4.70. The molecule has 1 aliphatic rings. The van der Waals surface area contributed by atoms with E-state index in [0.717, 1.165) is 34.6 Å². The molecule has 3 rings (SSSR count). The third-order valence-electron chi connectivity index (χ3n) is 3.49.